The number of benzene rings is 2. The zero-order chi connectivity index (χ0) is 19.5. The van der Waals surface area contributed by atoms with Crippen molar-refractivity contribution in [2.45, 2.75) is 12.8 Å². The molecule has 2 aromatic carbocycles. The first-order chi connectivity index (χ1) is 13.6. The topological polar surface area (TPSA) is 59.1 Å². The van der Waals surface area contributed by atoms with Crippen LogP contribution in [-0.4, -0.2) is 54.6 Å². The molecule has 7 heteroatoms. The van der Waals surface area contributed by atoms with Crippen LogP contribution in [0, 0.1) is 0 Å². The van der Waals surface area contributed by atoms with Crippen molar-refractivity contribution in [1.82, 2.24) is 9.80 Å². The maximum Gasteiger partial charge on any atom is 0.254 e. The Labute approximate surface area is 168 Å². The average molecular weight is 401 g/mol. The van der Waals surface area contributed by atoms with Crippen molar-refractivity contribution in [1.29, 1.82) is 0 Å². The van der Waals surface area contributed by atoms with Gasteiger partial charge < -0.3 is 19.3 Å². The van der Waals surface area contributed by atoms with Gasteiger partial charge in [0.15, 0.2) is 11.5 Å². The van der Waals surface area contributed by atoms with Crippen LogP contribution >= 0.6 is 11.6 Å². The van der Waals surface area contributed by atoms with Gasteiger partial charge in [0.2, 0.25) is 12.7 Å². The fraction of sp³-hybridized carbons (Fsp3) is 0.333. The van der Waals surface area contributed by atoms with Crippen LogP contribution in [0.2, 0.25) is 5.02 Å². The zero-order valence-corrected chi connectivity index (χ0v) is 16.2. The van der Waals surface area contributed by atoms with Gasteiger partial charge in [-0.1, -0.05) is 23.7 Å². The van der Waals surface area contributed by atoms with Crippen molar-refractivity contribution >= 4 is 23.4 Å². The summed E-state index contributed by atoms with van der Waals surface area (Å²) in [6.07, 6.45) is 1.14. The first kappa shape index (κ1) is 18.6. The highest BCUT2D eigenvalue weighted by Gasteiger charge is 2.26. The Morgan fingerprint density at radius 2 is 1.57 bits per heavy atom. The number of rotatable bonds is 4. The lowest BCUT2D eigenvalue weighted by molar-refractivity contribution is -0.132. The SMILES string of the molecule is O=C(CCc1ccc(Cl)cc1)N1CCN(C(=O)c2ccc3c(c2)OCO3)CC1. The van der Waals surface area contributed by atoms with Gasteiger partial charge in [-0.25, -0.2) is 0 Å². The minimum Gasteiger partial charge on any atom is -0.454 e. The van der Waals surface area contributed by atoms with Crippen LogP contribution in [0.25, 0.3) is 0 Å². The van der Waals surface area contributed by atoms with Crippen molar-refractivity contribution in [3.05, 3.63) is 58.6 Å². The molecular formula is C21H21ClN2O4. The summed E-state index contributed by atoms with van der Waals surface area (Å²) in [4.78, 5) is 28.8. The molecule has 0 unspecified atom stereocenters. The number of nitrogens with zero attached hydrogens (tertiary/aromatic N) is 2. The predicted octanol–water partition coefficient (Wildman–Crippen LogP) is 2.99. The molecule has 1 fully saturated rings. The summed E-state index contributed by atoms with van der Waals surface area (Å²) in [5, 5.41) is 0.693. The molecule has 6 nitrogen and oxygen atoms in total. The van der Waals surface area contributed by atoms with E-state index in [0.717, 1.165) is 5.56 Å². The van der Waals surface area contributed by atoms with Gasteiger partial charge in [-0.2, -0.15) is 0 Å². The van der Waals surface area contributed by atoms with Crippen molar-refractivity contribution in [3.63, 3.8) is 0 Å². The fourth-order valence-corrected chi connectivity index (χ4v) is 3.56. The Morgan fingerprint density at radius 1 is 0.893 bits per heavy atom. The number of aryl methyl sites for hydroxylation is 1. The van der Waals surface area contributed by atoms with Crippen molar-refractivity contribution in [2.75, 3.05) is 33.0 Å². The molecule has 28 heavy (non-hydrogen) atoms. The van der Waals surface area contributed by atoms with Gasteiger partial charge in [0, 0.05) is 43.2 Å². The first-order valence-electron chi connectivity index (χ1n) is 9.31. The molecule has 0 spiro atoms. The van der Waals surface area contributed by atoms with Gasteiger partial charge in [0.1, 0.15) is 0 Å². The maximum atomic E-state index is 12.7. The number of amides is 2. The standard InChI is InChI=1S/C21H21ClN2O4/c22-17-5-1-15(2-6-17)3-8-20(25)23-9-11-24(12-10-23)21(26)16-4-7-18-19(13-16)28-14-27-18/h1-2,4-7,13H,3,8-12,14H2. The highest BCUT2D eigenvalue weighted by atomic mass is 35.5. The number of carbonyl (C=O) groups excluding carboxylic acids is 2. The molecule has 146 valence electrons. The number of hydrogen-bond donors (Lipinski definition) is 0. The van der Waals surface area contributed by atoms with Crippen molar-refractivity contribution in [2.24, 2.45) is 0 Å². The van der Waals surface area contributed by atoms with Gasteiger partial charge >= 0.3 is 0 Å². The molecular weight excluding hydrogens is 380 g/mol. The predicted molar refractivity (Wildman–Crippen MR) is 105 cm³/mol. The average Bonchev–Trinajstić information content (AvgIpc) is 3.20. The molecule has 2 amide bonds. The van der Waals surface area contributed by atoms with Gasteiger partial charge in [0.25, 0.3) is 5.91 Å². The molecule has 0 radical (unpaired) electrons. The van der Waals surface area contributed by atoms with E-state index >= 15 is 0 Å². The summed E-state index contributed by atoms with van der Waals surface area (Å²) in [7, 11) is 0. The zero-order valence-electron chi connectivity index (χ0n) is 15.4. The van der Waals surface area contributed by atoms with Crippen molar-refractivity contribution < 1.29 is 19.1 Å². The quantitative estimate of drug-likeness (QED) is 0.791. The number of piperazine rings is 1. The summed E-state index contributed by atoms with van der Waals surface area (Å²) in [6.45, 7) is 2.34. The highest BCUT2D eigenvalue weighted by molar-refractivity contribution is 6.30. The number of fused-ring (bicyclic) bond motifs is 1. The van der Waals surface area contributed by atoms with Crippen LogP contribution < -0.4 is 9.47 Å². The van der Waals surface area contributed by atoms with Crippen LogP contribution in [-0.2, 0) is 11.2 Å². The Hall–Kier alpha value is -2.73. The second-order valence-corrected chi connectivity index (χ2v) is 7.30. The lowest BCUT2D eigenvalue weighted by Crippen LogP contribution is -2.50. The first-order valence-corrected chi connectivity index (χ1v) is 9.69. The van der Waals surface area contributed by atoms with E-state index in [0.29, 0.717) is 61.1 Å². The molecule has 0 atom stereocenters. The molecule has 2 aromatic rings. The Balaban J connectivity index is 1.28. The summed E-state index contributed by atoms with van der Waals surface area (Å²) < 4.78 is 10.6. The van der Waals surface area contributed by atoms with E-state index < -0.39 is 0 Å². The minimum absolute atomic E-state index is 0.0495. The van der Waals surface area contributed by atoms with E-state index in [9.17, 15) is 9.59 Å². The van der Waals surface area contributed by atoms with E-state index in [-0.39, 0.29) is 18.6 Å². The Morgan fingerprint density at radius 3 is 2.32 bits per heavy atom. The molecule has 0 N–H and O–H groups in total. The third kappa shape index (κ3) is 4.07. The molecule has 0 saturated carbocycles. The monoisotopic (exact) mass is 400 g/mol. The van der Waals surface area contributed by atoms with Crippen LogP contribution in [0.3, 0.4) is 0 Å². The molecule has 2 aliphatic rings. The lowest BCUT2D eigenvalue weighted by Gasteiger charge is -2.35. The number of ether oxygens (including phenoxy) is 2. The second kappa shape index (κ2) is 8.10. The molecule has 2 heterocycles. The van der Waals surface area contributed by atoms with Gasteiger partial charge in [-0.3, -0.25) is 9.59 Å². The summed E-state index contributed by atoms with van der Waals surface area (Å²) in [5.74, 6) is 1.33. The van der Waals surface area contributed by atoms with E-state index in [2.05, 4.69) is 0 Å². The number of carbonyl (C=O) groups is 2. The molecule has 0 aliphatic carbocycles. The van der Waals surface area contributed by atoms with E-state index in [1.54, 1.807) is 23.1 Å². The smallest absolute Gasteiger partial charge is 0.254 e. The van der Waals surface area contributed by atoms with E-state index in [4.69, 9.17) is 21.1 Å². The molecule has 0 aromatic heterocycles. The van der Waals surface area contributed by atoms with Crippen LogP contribution in [0.5, 0.6) is 11.5 Å². The van der Waals surface area contributed by atoms with Gasteiger partial charge in [-0.15, -0.1) is 0 Å². The summed E-state index contributed by atoms with van der Waals surface area (Å²) in [6, 6.07) is 12.8. The van der Waals surface area contributed by atoms with Crippen molar-refractivity contribution in [3.8, 4) is 11.5 Å². The van der Waals surface area contributed by atoms with Gasteiger partial charge in [0.05, 0.1) is 0 Å². The maximum absolute atomic E-state index is 12.7. The number of hydrogen-bond acceptors (Lipinski definition) is 4. The van der Waals surface area contributed by atoms with Gasteiger partial charge in [-0.05, 0) is 42.3 Å². The molecule has 2 aliphatic heterocycles. The van der Waals surface area contributed by atoms with Crippen LogP contribution in [0.1, 0.15) is 22.3 Å². The minimum atomic E-state index is -0.0495. The number of halogens is 1. The summed E-state index contributed by atoms with van der Waals surface area (Å²) >= 11 is 5.89. The van der Waals surface area contributed by atoms with E-state index in [1.807, 2.05) is 29.2 Å². The van der Waals surface area contributed by atoms with E-state index in [1.165, 1.54) is 0 Å². The second-order valence-electron chi connectivity index (χ2n) is 6.87. The summed E-state index contributed by atoms with van der Waals surface area (Å²) in [5.41, 5.74) is 1.67. The van der Waals surface area contributed by atoms with Crippen LogP contribution in [0.15, 0.2) is 42.5 Å². The van der Waals surface area contributed by atoms with Crippen LogP contribution in [0.4, 0.5) is 0 Å². The molecule has 0 bridgehead atoms. The molecule has 4 rings (SSSR count). The third-order valence-electron chi connectivity index (χ3n) is 5.08. The third-order valence-corrected chi connectivity index (χ3v) is 5.33. The highest BCUT2D eigenvalue weighted by Crippen LogP contribution is 2.32. The molecule has 1 saturated heterocycles. The fourth-order valence-electron chi connectivity index (χ4n) is 3.43. The lowest BCUT2D eigenvalue weighted by atomic mass is 10.1. The Kier molecular flexibility index (Phi) is 5.39. The Bertz CT molecular complexity index is 876. The largest absolute Gasteiger partial charge is 0.454 e. The normalized spacial score (nSPS) is 15.6.